The average Bonchev–Trinajstić information content (AvgIpc) is 2.77. The molecule has 0 aliphatic heterocycles. The highest BCUT2D eigenvalue weighted by Crippen LogP contribution is 2.37. The van der Waals surface area contributed by atoms with Crippen LogP contribution in [0.2, 0.25) is 0 Å². The van der Waals surface area contributed by atoms with Gasteiger partial charge in [0, 0.05) is 13.2 Å². The molecule has 19 heavy (non-hydrogen) atoms. The zero-order chi connectivity index (χ0) is 14.5. The molecule has 0 spiro atoms. The topological polar surface area (TPSA) is 64.8 Å². The molecule has 1 fully saturated rings. The maximum atomic E-state index is 11.8. The Labute approximate surface area is 116 Å². The fourth-order valence-corrected chi connectivity index (χ4v) is 2.91. The lowest BCUT2D eigenvalue weighted by Gasteiger charge is -2.31. The lowest BCUT2D eigenvalue weighted by atomic mass is 9.85. The molecule has 0 radical (unpaired) electrons. The molecule has 0 aromatic rings. The zero-order valence-electron chi connectivity index (χ0n) is 12.6. The standard InChI is InChI=1S/C14H28N2O3/c1-11(10-18-3)16(2)9-7-12-6-5-8-14(12,15)13(17)19-4/h11-12H,5-10,15H2,1-4H3. The summed E-state index contributed by atoms with van der Waals surface area (Å²) in [5, 5.41) is 0. The molecule has 3 atom stereocenters. The van der Waals surface area contributed by atoms with Crippen LogP contribution in [0.25, 0.3) is 0 Å². The largest absolute Gasteiger partial charge is 0.468 e. The molecule has 5 nitrogen and oxygen atoms in total. The smallest absolute Gasteiger partial charge is 0.326 e. The van der Waals surface area contributed by atoms with Crippen LogP contribution in [0.5, 0.6) is 0 Å². The fraction of sp³-hybridized carbons (Fsp3) is 0.929. The van der Waals surface area contributed by atoms with Crippen molar-refractivity contribution in [1.82, 2.24) is 4.90 Å². The van der Waals surface area contributed by atoms with Gasteiger partial charge in [-0.3, -0.25) is 4.79 Å². The summed E-state index contributed by atoms with van der Waals surface area (Å²) in [7, 11) is 5.21. The van der Waals surface area contributed by atoms with E-state index < -0.39 is 5.54 Å². The summed E-state index contributed by atoms with van der Waals surface area (Å²) in [6.45, 7) is 3.77. The molecule has 1 rings (SSSR count). The predicted molar refractivity (Wildman–Crippen MR) is 74.9 cm³/mol. The third kappa shape index (κ3) is 3.91. The monoisotopic (exact) mass is 272 g/mol. The lowest BCUT2D eigenvalue weighted by Crippen LogP contribution is -2.52. The maximum absolute atomic E-state index is 11.8. The van der Waals surface area contributed by atoms with Gasteiger partial charge in [-0.15, -0.1) is 0 Å². The maximum Gasteiger partial charge on any atom is 0.326 e. The number of hydrogen-bond donors (Lipinski definition) is 1. The van der Waals surface area contributed by atoms with E-state index in [4.69, 9.17) is 15.2 Å². The van der Waals surface area contributed by atoms with Crippen molar-refractivity contribution >= 4 is 5.97 Å². The number of likely N-dealkylation sites (N-methyl/N-ethyl adjacent to an activating group) is 1. The third-order valence-electron chi connectivity index (χ3n) is 4.43. The summed E-state index contributed by atoms with van der Waals surface area (Å²) in [4.78, 5) is 14.1. The van der Waals surface area contributed by atoms with Gasteiger partial charge in [-0.25, -0.2) is 0 Å². The number of nitrogens with zero attached hydrogens (tertiary/aromatic N) is 1. The number of esters is 1. The van der Waals surface area contributed by atoms with E-state index in [9.17, 15) is 4.79 Å². The first-order chi connectivity index (χ1) is 8.95. The molecule has 1 aliphatic rings. The minimum absolute atomic E-state index is 0.220. The number of carbonyl (C=O) groups excluding carboxylic acids is 1. The highest BCUT2D eigenvalue weighted by molar-refractivity contribution is 5.81. The Morgan fingerprint density at radius 2 is 2.21 bits per heavy atom. The second kappa shape index (κ2) is 7.22. The first-order valence-electron chi connectivity index (χ1n) is 7.02. The zero-order valence-corrected chi connectivity index (χ0v) is 12.6. The summed E-state index contributed by atoms with van der Waals surface area (Å²) >= 11 is 0. The summed E-state index contributed by atoms with van der Waals surface area (Å²) in [6, 6.07) is 0.372. The summed E-state index contributed by atoms with van der Waals surface area (Å²) in [6.07, 6.45) is 3.68. The molecule has 0 aromatic heterocycles. The Kier molecular flexibility index (Phi) is 6.23. The van der Waals surface area contributed by atoms with Gasteiger partial charge in [-0.2, -0.15) is 0 Å². The van der Waals surface area contributed by atoms with E-state index in [1.54, 1.807) is 7.11 Å². The lowest BCUT2D eigenvalue weighted by molar-refractivity contribution is -0.148. The second-order valence-corrected chi connectivity index (χ2v) is 5.69. The van der Waals surface area contributed by atoms with Gasteiger partial charge in [-0.1, -0.05) is 6.42 Å². The molecule has 112 valence electrons. The molecular weight excluding hydrogens is 244 g/mol. The Morgan fingerprint density at radius 3 is 2.79 bits per heavy atom. The Hall–Kier alpha value is -0.650. The Balaban J connectivity index is 2.50. The van der Waals surface area contributed by atoms with Crippen molar-refractivity contribution in [2.45, 2.75) is 44.2 Å². The number of nitrogens with two attached hydrogens (primary N) is 1. The normalized spacial score (nSPS) is 28.6. The van der Waals surface area contributed by atoms with E-state index in [1.165, 1.54) is 7.11 Å². The molecule has 1 saturated carbocycles. The van der Waals surface area contributed by atoms with Gasteiger partial charge in [0.15, 0.2) is 0 Å². The van der Waals surface area contributed by atoms with Crippen molar-refractivity contribution in [2.75, 3.05) is 34.4 Å². The van der Waals surface area contributed by atoms with E-state index in [0.717, 1.165) is 32.2 Å². The minimum atomic E-state index is -0.778. The van der Waals surface area contributed by atoms with Crippen molar-refractivity contribution in [3.05, 3.63) is 0 Å². The number of methoxy groups -OCH3 is 2. The van der Waals surface area contributed by atoms with Crippen molar-refractivity contribution in [3.63, 3.8) is 0 Å². The third-order valence-corrected chi connectivity index (χ3v) is 4.43. The summed E-state index contributed by atoms with van der Waals surface area (Å²) in [5.74, 6) is -0.0419. The van der Waals surface area contributed by atoms with Crippen molar-refractivity contribution in [1.29, 1.82) is 0 Å². The molecule has 2 N–H and O–H groups in total. The molecule has 1 aliphatic carbocycles. The summed E-state index contributed by atoms with van der Waals surface area (Å²) in [5.41, 5.74) is 5.48. The Morgan fingerprint density at radius 1 is 1.53 bits per heavy atom. The SMILES string of the molecule is COCC(C)N(C)CCC1CCCC1(N)C(=O)OC. The van der Waals surface area contributed by atoms with Gasteiger partial charge in [0.1, 0.15) is 5.54 Å². The van der Waals surface area contributed by atoms with Crippen molar-refractivity contribution in [3.8, 4) is 0 Å². The van der Waals surface area contributed by atoms with E-state index in [1.807, 2.05) is 0 Å². The molecule has 3 unspecified atom stereocenters. The van der Waals surface area contributed by atoms with Crippen LogP contribution in [0.1, 0.15) is 32.6 Å². The number of hydrogen-bond acceptors (Lipinski definition) is 5. The molecule has 0 saturated heterocycles. The quantitative estimate of drug-likeness (QED) is 0.701. The van der Waals surface area contributed by atoms with Crippen LogP contribution in [0, 0.1) is 5.92 Å². The highest BCUT2D eigenvalue weighted by Gasteiger charge is 2.46. The fourth-order valence-electron chi connectivity index (χ4n) is 2.91. The van der Waals surface area contributed by atoms with Crippen LogP contribution < -0.4 is 5.73 Å². The summed E-state index contributed by atoms with van der Waals surface area (Å²) < 4.78 is 10.0. The highest BCUT2D eigenvalue weighted by atomic mass is 16.5. The van der Waals surface area contributed by atoms with Crippen LogP contribution >= 0.6 is 0 Å². The van der Waals surface area contributed by atoms with Crippen LogP contribution in [-0.2, 0) is 14.3 Å². The second-order valence-electron chi connectivity index (χ2n) is 5.69. The van der Waals surface area contributed by atoms with Crippen LogP contribution in [0.3, 0.4) is 0 Å². The molecule has 0 amide bonds. The first kappa shape index (κ1) is 16.4. The van der Waals surface area contributed by atoms with Gasteiger partial charge in [0.05, 0.1) is 13.7 Å². The van der Waals surface area contributed by atoms with Crippen LogP contribution in [0.4, 0.5) is 0 Å². The van der Waals surface area contributed by atoms with E-state index in [-0.39, 0.29) is 11.9 Å². The predicted octanol–water partition coefficient (Wildman–Crippen LogP) is 1.01. The van der Waals surface area contributed by atoms with E-state index in [0.29, 0.717) is 12.6 Å². The van der Waals surface area contributed by atoms with Gasteiger partial charge in [0.2, 0.25) is 0 Å². The molecular formula is C14H28N2O3. The molecule has 5 heteroatoms. The van der Waals surface area contributed by atoms with Gasteiger partial charge in [-0.05, 0) is 45.7 Å². The number of ether oxygens (including phenoxy) is 2. The first-order valence-corrected chi connectivity index (χ1v) is 7.02. The number of rotatable bonds is 7. The molecule has 0 aromatic carbocycles. The van der Waals surface area contributed by atoms with Gasteiger partial charge >= 0.3 is 5.97 Å². The molecule has 0 bridgehead atoms. The molecule has 0 heterocycles. The average molecular weight is 272 g/mol. The van der Waals surface area contributed by atoms with Crippen LogP contribution in [0.15, 0.2) is 0 Å². The number of carbonyl (C=O) groups is 1. The van der Waals surface area contributed by atoms with Gasteiger partial charge in [0.25, 0.3) is 0 Å². The van der Waals surface area contributed by atoms with E-state index in [2.05, 4.69) is 18.9 Å². The van der Waals surface area contributed by atoms with Gasteiger partial charge < -0.3 is 20.1 Å². The van der Waals surface area contributed by atoms with E-state index >= 15 is 0 Å². The van der Waals surface area contributed by atoms with Crippen molar-refractivity contribution in [2.24, 2.45) is 11.7 Å². The minimum Gasteiger partial charge on any atom is -0.468 e. The van der Waals surface area contributed by atoms with Crippen LogP contribution in [-0.4, -0.2) is 56.9 Å². The van der Waals surface area contributed by atoms with Crippen molar-refractivity contribution < 1.29 is 14.3 Å². The Bertz CT molecular complexity index is 298.